The van der Waals surface area contributed by atoms with Crippen LogP contribution in [-0.2, 0) is 19.6 Å². The molecule has 1 fully saturated rings. The van der Waals surface area contributed by atoms with Crippen LogP contribution in [0.3, 0.4) is 0 Å². The molecule has 2 aliphatic heterocycles. The van der Waals surface area contributed by atoms with Crippen LogP contribution in [0.4, 0.5) is 11.4 Å². The molecule has 1 N–H and O–H groups in total. The molecule has 11 heteroatoms. The van der Waals surface area contributed by atoms with E-state index in [1.165, 1.54) is 29.7 Å². The monoisotopic (exact) mass is 538 g/mol. The van der Waals surface area contributed by atoms with E-state index in [4.69, 9.17) is 9.47 Å². The van der Waals surface area contributed by atoms with Crippen LogP contribution in [0.1, 0.15) is 36.0 Å². The van der Waals surface area contributed by atoms with Gasteiger partial charge in [-0.05, 0) is 43.5 Å². The number of nitrogens with one attached hydrogen (secondary N) is 1. The molecule has 1 aromatic heterocycles. The lowest BCUT2D eigenvalue weighted by molar-refractivity contribution is -0.120. The predicted molar refractivity (Wildman–Crippen MR) is 143 cm³/mol. The van der Waals surface area contributed by atoms with Gasteiger partial charge in [0.25, 0.3) is 5.91 Å². The lowest BCUT2D eigenvalue weighted by Crippen LogP contribution is -2.49. The number of amides is 2. The van der Waals surface area contributed by atoms with Crippen LogP contribution in [-0.4, -0.2) is 69.5 Å². The quantitative estimate of drug-likeness (QED) is 0.415. The number of ether oxygens (including phenoxy) is 2. The second kappa shape index (κ2) is 10.7. The van der Waals surface area contributed by atoms with Gasteiger partial charge in [-0.1, -0.05) is 18.6 Å². The Hall–Kier alpha value is -3.54. The van der Waals surface area contributed by atoms with Crippen LogP contribution in [0, 0.1) is 0 Å². The summed E-state index contributed by atoms with van der Waals surface area (Å²) in [6, 6.07) is 11.1. The molecule has 1 atom stereocenters. The molecule has 38 heavy (non-hydrogen) atoms. The maximum Gasteiger partial charge on any atom is 0.258 e. The van der Waals surface area contributed by atoms with Gasteiger partial charge in [0.2, 0.25) is 21.8 Å². The summed E-state index contributed by atoms with van der Waals surface area (Å²) in [5.74, 6) is -0.181. The van der Waals surface area contributed by atoms with E-state index in [0.717, 1.165) is 22.9 Å². The lowest BCUT2D eigenvalue weighted by Gasteiger charge is -2.33. The van der Waals surface area contributed by atoms with E-state index in [0.29, 0.717) is 49.5 Å². The number of methoxy groups -OCH3 is 2. The van der Waals surface area contributed by atoms with Crippen molar-refractivity contribution in [3.05, 3.63) is 54.2 Å². The summed E-state index contributed by atoms with van der Waals surface area (Å²) < 4.78 is 38.3. The topological polar surface area (TPSA) is 118 Å². The van der Waals surface area contributed by atoms with Crippen molar-refractivity contribution in [3.63, 3.8) is 0 Å². The van der Waals surface area contributed by atoms with E-state index in [1.807, 2.05) is 12.1 Å². The van der Waals surface area contributed by atoms with Crippen LogP contribution in [0.2, 0.25) is 0 Å². The Balaban J connectivity index is 1.43. The molecule has 0 bridgehead atoms. The molecule has 3 aromatic rings. The first-order valence-corrected chi connectivity index (χ1v) is 14.0. The maximum atomic E-state index is 13.5. The summed E-state index contributed by atoms with van der Waals surface area (Å²) in [7, 11) is -0.870. The summed E-state index contributed by atoms with van der Waals surface area (Å²) in [5, 5.41) is 4.48. The van der Waals surface area contributed by atoms with E-state index in [9.17, 15) is 18.0 Å². The molecule has 0 aliphatic carbocycles. The third kappa shape index (κ3) is 4.61. The number of hydrogen-bond donors (Lipinski definition) is 1. The van der Waals surface area contributed by atoms with E-state index in [2.05, 4.69) is 10.3 Å². The number of nitrogens with zero attached hydrogens (tertiary/aromatic N) is 3. The number of carbonyl (C=O) groups is 2. The molecule has 0 radical (unpaired) electrons. The summed E-state index contributed by atoms with van der Waals surface area (Å²) in [4.78, 5) is 32.4. The van der Waals surface area contributed by atoms with Crippen molar-refractivity contribution in [2.24, 2.45) is 0 Å². The fourth-order valence-electron chi connectivity index (χ4n) is 5.19. The molecule has 2 aromatic carbocycles. The maximum absolute atomic E-state index is 13.5. The highest BCUT2D eigenvalue weighted by molar-refractivity contribution is 7.89. The van der Waals surface area contributed by atoms with Crippen LogP contribution < -0.4 is 15.0 Å². The van der Waals surface area contributed by atoms with Gasteiger partial charge >= 0.3 is 0 Å². The van der Waals surface area contributed by atoms with Crippen molar-refractivity contribution in [3.8, 4) is 5.88 Å². The fourth-order valence-corrected chi connectivity index (χ4v) is 6.79. The Bertz CT molecular complexity index is 1470. The molecule has 5 rings (SSSR count). The third-order valence-corrected chi connectivity index (χ3v) is 8.95. The highest BCUT2D eigenvalue weighted by Gasteiger charge is 2.38. The number of hydrogen-bond acceptors (Lipinski definition) is 7. The Labute approximate surface area is 221 Å². The minimum Gasteiger partial charge on any atom is -0.481 e. The number of benzene rings is 2. The third-order valence-electron chi connectivity index (χ3n) is 7.05. The molecule has 200 valence electrons. The van der Waals surface area contributed by atoms with E-state index < -0.39 is 22.0 Å². The lowest BCUT2D eigenvalue weighted by atomic mass is 10.0. The Morgan fingerprint density at radius 2 is 1.97 bits per heavy atom. The minimum atomic E-state index is -3.95. The number of rotatable bonds is 9. The molecule has 0 saturated carbocycles. The highest BCUT2D eigenvalue weighted by atomic mass is 32.2. The summed E-state index contributed by atoms with van der Waals surface area (Å²) in [6.45, 7) is 1.31. The predicted octanol–water partition coefficient (Wildman–Crippen LogP) is 3.42. The second-order valence-corrected chi connectivity index (χ2v) is 11.2. The van der Waals surface area contributed by atoms with Crippen LogP contribution >= 0.6 is 0 Å². The molecule has 1 unspecified atom stereocenters. The molecule has 2 amide bonds. The van der Waals surface area contributed by atoms with Gasteiger partial charge in [-0.2, -0.15) is 4.31 Å². The first-order valence-electron chi connectivity index (χ1n) is 12.6. The SMILES string of the molecule is COCCCN1C(=O)c2cccc3c(NC(=O)C4CCCCN4S(=O)(=O)c4ccc(OC)nc4)ccc1c23. The van der Waals surface area contributed by atoms with Gasteiger partial charge in [-0.15, -0.1) is 0 Å². The van der Waals surface area contributed by atoms with Gasteiger partial charge in [0, 0.05) is 54.9 Å². The average molecular weight is 539 g/mol. The number of sulfonamides is 1. The zero-order valence-electron chi connectivity index (χ0n) is 21.3. The summed E-state index contributed by atoms with van der Waals surface area (Å²) >= 11 is 0. The summed E-state index contributed by atoms with van der Waals surface area (Å²) in [5.41, 5.74) is 1.92. The normalized spacial score (nSPS) is 17.7. The van der Waals surface area contributed by atoms with Crippen molar-refractivity contribution < 1.29 is 27.5 Å². The van der Waals surface area contributed by atoms with Gasteiger partial charge in [0.15, 0.2) is 0 Å². The Morgan fingerprint density at radius 1 is 1.13 bits per heavy atom. The summed E-state index contributed by atoms with van der Waals surface area (Å²) in [6.07, 6.45) is 3.75. The van der Waals surface area contributed by atoms with Crippen molar-refractivity contribution in [2.75, 3.05) is 44.1 Å². The van der Waals surface area contributed by atoms with Gasteiger partial charge in [0.1, 0.15) is 10.9 Å². The first kappa shape index (κ1) is 26.1. The first-order chi connectivity index (χ1) is 18.4. The van der Waals surface area contributed by atoms with Crippen LogP contribution in [0.15, 0.2) is 53.6 Å². The Kier molecular flexibility index (Phi) is 7.33. The number of carbonyl (C=O) groups excluding carboxylic acids is 2. The largest absolute Gasteiger partial charge is 0.481 e. The van der Waals surface area contributed by atoms with Crippen molar-refractivity contribution in [2.45, 2.75) is 36.6 Å². The second-order valence-electron chi connectivity index (χ2n) is 9.32. The molecule has 2 aliphatic rings. The molecule has 0 spiro atoms. The Morgan fingerprint density at radius 3 is 2.71 bits per heavy atom. The van der Waals surface area contributed by atoms with Gasteiger partial charge in [0.05, 0.1) is 19.0 Å². The van der Waals surface area contributed by atoms with Crippen LogP contribution in [0.25, 0.3) is 10.8 Å². The van der Waals surface area contributed by atoms with Crippen molar-refractivity contribution in [1.82, 2.24) is 9.29 Å². The number of aromatic nitrogens is 1. The van der Waals surface area contributed by atoms with Crippen LogP contribution in [0.5, 0.6) is 5.88 Å². The number of pyridine rings is 1. The van der Waals surface area contributed by atoms with Crippen molar-refractivity contribution in [1.29, 1.82) is 0 Å². The number of anilines is 2. The standard InChI is InChI=1S/C27H30N4O6S/c1-36-16-6-14-30-22-12-11-21(19-7-5-8-20(25(19)22)27(30)33)29-26(32)23-9-3-4-15-31(23)38(34,35)18-10-13-24(37-2)28-17-18/h5,7-8,10-13,17,23H,3-4,6,9,14-16H2,1-2H3,(H,29,32). The molecule has 3 heterocycles. The van der Waals surface area contributed by atoms with Crippen molar-refractivity contribution >= 4 is 44.0 Å². The van der Waals surface area contributed by atoms with E-state index in [-0.39, 0.29) is 17.3 Å². The molecule has 10 nitrogen and oxygen atoms in total. The van der Waals surface area contributed by atoms with Gasteiger partial charge in [-0.3, -0.25) is 9.59 Å². The average Bonchev–Trinajstić information content (AvgIpc) is 3.22. The fraction of sp³-hybridized carbons (Fsp3) is 0.370. The molecular formula is C27H30N4O6S. The smallest absolute Gasteiger partial charge is 0.258 e. The van der Waals surface area contributed by atoms with E-state index in [1.54, 1.807) is 30.2 Å². The van der Waals surface area contributed by atoms with E-state index >= 15 is 0 Å². The molecule has 1 saturated heterocycles. The zero-order chi connectivity index (χ0) is 26.9. The zero-order valence-corrected chi connectivity index (χ0v) is 22.2. The van der Waals surface area contributed by atoms with Gasteiger partial charge < -0.3 is 19.7 Å². The molecular weight excluding hydrogens is 508 g/mol. The number of piperidine rings is 1. The highest BCUT2D eigenvalue weighted by Crippen LogP contribution is 2.41. The minimum absolute atomic E-state index is 0.00964. The van der Waals surface area contributed by atoms with Gasteiger partial charge in [-0.25, -0.2) is 13.4 Å².